The SMILES string of the molecule is COCC(F)(F)c1cc(N)cc([C@@H](C)Nc2nc(C(F)F)nc3cc(OC)c(O[C@H]4CCOC4)cc23)c1. The number of ether oxygens (including phenoxy) is 4. The summed E-state index contributed by atoms with van der Waals surface area (Å²) in [6.45, 7) is 1.84. The van der Waals surface area contributed by atoms with Crippen LogP contribution in [0.3, 0.4) is 0 Å². The van der Waals surface area contributed by atoms with Gasteiger partial charge < -0.3 is 30.0 Å². The molecule has 0 radical (unpaired) electrons. The first kappa shape index (κ1) is 26.7. The number of alkyl halides is 4. The average Bonchev–Trinajstić information content (AvgIpc) is 3.36. The van der Waals surface area contributed by atoms with Crippen molar-refractivity contribution in [2.75, 3.05) is 45.1 Å². The van der Waals surface area contributed by atoms with Crippen molar-refractivity contribution in [1.29, 1.82) is 0 Å². The second-order valence-corrected chi connectivity index (χ2v) is 8.75. The van der Waals surface area contributed by atoms with Crippen LogP contribution in [0.25, 0.3) is 10.9 Å². The fraction of sp³-hybridized carbons (Fsp3) is 0.440. The number of hydrogen-bond donors (Lipinski definition) is 2. The molecule has 0 saturated carbocycles. The molecule has 3 aromatic rings. The van der Waals surface area contributed by atoms with Gasteiger partial charge in [0.15, 0.2) is 17.3 Å². The highest BCUT2D eigenvalue weighted by molar-refractivity contribution is 5.92. The maximum absolute atomic E-state index is 14.5. The Hall–Kier alpha value is -3.38. The summed E-state index contributed by atoms with van der Waals surface area (Å²) in [6, 6.07) is 6.45. The lowest BCUT2D eigenvalue weighted by Gasteiger charge is -2.22. The van der Waals surface area contributed by atoms with Crippen LogP contribution in [-0.2, 0) is 15.4 Å². The zero-order valence-corrected chi connectivity index (χ0v) is 20.6. The predicted octanol–water partition coefficient (Wildman–Crippen LogP) is 5.24. The molecule has 12 heteroatoms. The van der Waals surface area contributed by atoms with Crippen molar-refractivity contribution in [2.24, 2.45) is 0 Å². The fourth-order valence-electron chi connectivity index (χ4n) is 4.09. The number of methoxy groups -OCH3 is 2. The van der Waals surface area contributed by atoms with Crippen molar-refractivity contribution in [3.63, 3.8) is 0 Å². The minimum atomic E-state index is -3.27. The summed E-state index contributed by atoms with van der Waals surface area (Å²) in [5.74, 6) is -3.19. The molecular formula is C25H28F4N4O4. The Morgan fingerprint density at radius 2 is 1.92 bits per heavy atom. The largest absolute Gasteiger partial charge is 0.493 e. The Morgan fingerprint density at radius 1 is 1.14 bits per heavy atom. The van der Waals surface area contributed by atoms with Crippen molar-refractivity contribution in [2.45, 2.75) is 37.8 Å². The van der Waals surface area contributed by atoms with E-state index in [9.17, 15) is 17.6 Å². The third kappa shape index (κ3) is 5.96. The quantitative estimate of drug-likeness (QED) is 0.275. The van der Waals surface area contributed by atoms with Gasteiger partial charge in [-0.1, -0.05) is 0 Å². The summed E-state index contributed by atoms with van der Waals surface area (Å²) < 4.78 is 77.7. The van der Waals surface area contributed by atoms with E-state index in [1.165, 1.54) is 38.5 Å². The van der Waals surface area contributed by atoms with Gasteiger partial charge >= 0.3 is 0 Å². The first-order valence-electron chi connectivity index (χ1n) is 11.6. The molecule has 1 aliphatic rings. The van der Waals surface area contributed by atoms with Crippen LogP contribution in [0.1, 0.15) is 42.8 Å². The highest BCUT2D eigenvalue weighted by atomic mass is 19.3. The molecule has 0 amide bonds. The number of fused-ring (bicyclic) bond motifs is 1. The van der Waals surface area contributed by atoms with Crippen molar-refractivity contribution in [1.82, 2.24) is 9.97 Å². The number of hydrogen-bond acceptors (Lipinski definition) is 8. The van der Waals surface area contributed by atoms with Gasteiger partial charge in [0.05, 0.1) is 31.9 Å². The Morgan fingerprint density at radius 3 is 2.57 bits per heavy atom. The van der Waals surface area contributed by atoms with Gasteiger partial charge in [0.1, 0.15) is 18.5 Å². The van der Waals surface area contributed by atoms with Gasteiger partial charge in [-0.25, -0.2) is 18.7 Å². The van der Waals surface area contributed by atoms with Gasteiger partial charge in [0.25, 0.3) is 12.3 Å². The highest BCUT2D eigenvalue weighted by Gasteiger charge is 2.32. The molecule has 0 aliphatic carbocycles. The van der Waals surface area contributed by atoms with E-state index in [-0.39, 0.29) is 28.7 Å². The Labute approximate surface area is 211 Å². The van der Waals surface area contributed by atoms with E-state index < -0.39 is 30.8 Å². The molecule has 1 aliphatic heterocycles. The van der Waals surface area contributed by atoms with E-state index >= 15 is 0 Å². The van der Waals surface area contributed by atoms with E-state index in [2.05, 4.69) is 20.0 Å². The summed E-state index contributed by atoms with van der Waals surface area (Å²) in [4.78, 5) is 8.01. The number of nitrogen functional groups attached to an aromatic ring is 1. The summed E-state index contributed by atoms with van der Waals surface area (Å²) in [5, 5.41) is 3.44. The number of halogens is 4. The monoisotopic (exact) mass is 524 g/mol. The lowest BCUT2D eigenvalue weighted by molar-refractivity contribution is -0.0698. The minimum Gasteiger partial charge on any atom is -0.493 e. The first-order chi connectivity index (χ1) is 17.6. The van der Waals surface area contributed by atoms with E-state index in [0.29, 0.717) is 42.1 Å². The molecule has 1 fully saturated rings. The topological polar surface area (TPSA) is 101 Å². The van der Waals surface area contributed by atoms with E-state index in [4.69, 9.17) is 19.9 Å². The third-order valence-electron chi connectivity index (χ3n) is 5.95. The normalized spacial score (nSPS) is 16.8. The third-order valence-corrected chi connectivity index (χ3v) is 5.95. The van der Waals surface area contributed by atoms with Crippen molar-refractivity contribution in [3.05, 3.63) is 47.3 Å². The number of rotatable bonds is 10. The summed E-state index contributed by atoms with van der Waals surface area (Å²) in [6.07, 6.45) is -2.44. The molecule has 2 heterocycles. The maximum Gasteiger partial charge on any atom is 0.297 e. The smallest absolute Gasteiger partial charge is 0.297 e. The molecule has 4 rings (SSSR count). The molecule has 0 spiro atoms. The fourth-order valence-corrected chi connectivity index (χ4v) is 4.09. The first-order valence-corrected chi connectivity index (χ1v) is 11.6. The van der Waals surface area contributed by atoms with Crippen molar-refractivity contribution < 1.29 is 36.5 Å². The van der Waals surface area contributed by atoms with Crippen LogP contribution in [0.5, 0.6) is 11.5 Å². The van der Waals surface area contributed by atoms with Gasteiger partial charge in [0, 0.05) is 36.2 Å². The van der Waals surface area contributed by atoms with Crippen molar-refractivity contribution in [3.8, 4) is 11.5 Å². The molecule has 0 unspecified atom stereocenters. The lowest BCUT2D eigenvalue weighted by atomic mass is 10.00. The van der Waals surface area contributed by atoms with E-state index in [0.717, 1.165) is 0 Å². The predicted molar refractivity (Wildman–Crippen MR) is 130 cm³/mol. The number of anilines is 2. The Balaban J connectivity index is 1.75. The maximum atomic E-state index is 14.5. The highest BCUT2D eigenvalue weighted by Crippen LogP contribution is 2.38. The van der Waals surface area contributed by atoms with Crippen LogP contribution in [0.4, 0.5) is 29.1 Å². The second kappa shape index (κ2) is 10.9. The van der Waals surface area contributed by atoms with Crippen LogP contribution < -0.4 is 20.5 Å². The van der Waals surface area contributed by atoms with E-state index in [1.54, 1.807) is 13.0 Å². The number of nitrogens with one attached hydrogen (secondary N) is 1. The van der Waals surface area contributed by atoms with Gasteiger partial charge in [-0.05, 0) is 36.8 Å². The standard InChI is InChI=1S/C25H28F4N4O4/c1-13(14-6-15(8-16(30)7-14)25(28,29)12-34-2)31-23-18-9-21(37-17-4-5-36-11-17)20(35-3)10-19(18)32-24(33-23)22(26)27/h6-10,13,17,22H,4-5,11-12,30H2,1-3H3,(H,31,32,33)/t13-,17+/m1/s1. The molecule has 2 atom stereocenters. The van der Waals surface area contributed by atoms with Gasteiger partial charge in [-0.15, -0.1) is 0 Å². The van der Waals surface area contributed by atoms with Crippen LogP contribution in [0.2, 0.25) is 0 Å². The molecule has 0 bridgehead atoms. The minimum absolute atomic E-state index is 0.0793. The second-order valence-electron chi connectivity index (χ2n) is 8.75. The van der Waals surface area contributed by atoms with Gasteiger partial charge in [-0.2, -0.15) is 8.78 Å². The molecule has 200 valence electrons. The molecular weight excluding hydrogens is 496 g/mol. The van der Waals surface area contributed by atoms with Crippen LogP contribution in [-0.4, -0.2) is 50.1 Å². The Bertz CT molecular complexity index is 1260. The van der Waals surface area contributed by atoms with Gasteiger partial charge in [0.2, 0.25) is 0 Å². The van der Waals surface area contributed by atoms with E-state index in [1.807, 2.05) is 0 Å². The number of nitrogens with two attached hydrogens (primary N) is 1. The van der Waals surface area contributed by atoms with Crippen LogP contribution in [0.15, 0.2) is 30.3 Å². The van der Waals surface area contributed by atoms with Crippen LogP contribution >= 0.6 is 0 Å². The molecule has 3 N–H and O–H groups in total. The zero-order valence-electron chi connectivity index (χ0n) is 20.6. The molecule has 1 aromatic heterocycles. The summed E-state index contributed by atoms with van der Waals surface area (Å²) >= 11 is 0. The zero-order chi connectivity index (χ0) is 26.7. The van der Waals surface area contributed by atoms with Gasteiger partial charge in [-0.3, -0.25) is 0 Å². The Kier molecular flexibility index (Phi) is 7.88. The number of benzene rings is 2. The lowest BCUT2D eigenvalue weighted by Crippen LogP contribution is -2.21. The average molecular weight is 525 g/mol. The molecule has 8 nitrogen and oxygen atoms in total. The molecule has 2 aromatic carbocycles. The van der Waals surface area contributed by atoms with Crippen LogP contribution in [0, 0.1) is 0 Å². The van der Waals surface area contributed by atoms with Crippen molar-refractivity contribution >= 4 is 22.4 Å². The number of aromatic nitrogens is 2. The number of nitrogens with zero attached hydrogens (tertiary/aromatic N) is 2. The molecule has 37 heavy (non-hydrogen) atoms. The molecule has 1 saturated heterocycles. The summed E-state index contributed by atoms with van der Waals surface area (Å²) in [5.41, 5.74) is 6.31. The summed E-state index contributed by atoms with van der Waals surface area (Å²) in [7, 11) is 2.62.